The number of nitrogens with zero attached hydrogens (tertiary/aromatic N) is 4. The van der Waals surface area contributed by atoms with Gasteiger partial charge in [-0.1, -0.05) is 30.3 Å². The second-order valence-corrected chi connectivity index (χ2v) is 7.36. The summed E-state index contributed by atoms with van der Waals surface area (Å²) in [6.07, 6.45) is 3.33. The number of nitrogens with one attached hydrogen (secondary N) is 2. The van der Waals surface area contributed by atoms with Crippen molar-refractivity contribution in [2.75, 3.05) is 16.6 Å². The van der Waals surface area contributed by atoms with Gasteiger partial charge in [0.2, 0.25) is 5.95 Å². The molecule has 0 aliphatic rings. The maximum Gasteiger partial charge on any atom is 0.273 e. The Morgan fingerprint density at radius 3 is 2.45 bits per heavy atom. The van der Waals surface area contributed by atoms with E-state index in [1.54, 1.807) is 24.5 Å². The second kappa shape index (κ2) is 9.88. The number of aliphatic hydroxyl groups excluding tert-OH is 1. The molecule has 0 aliphatic carbocycles. The topological polar surface area (TPSA) is 105 Å². The number of rotatable bonds is 8. The molecule has 0 unspecified atom stereocenters. The van der Waals surface area contributed by atoms with E-state index in [0.717, 1.165) is 10.5 Å². The summed E-state index contributed by atoms with van der Waals surface area (Å²) >= 11 is 1.38. The molecule has 0 spiro atoms. The fourth-order valence-electron chi connectivity index (χ4n) is 2.87. The minimum atomic E-state index is -0.292. The summed E-state index contributed by atoms with van der Waals surface area (Å²) in [5, 5.41) is 16.7. The van der Waals surface area contributed by atoms with Crippen LogP contribution in [-0.4, -0.2) is 37.4 Å². The number of hydrogen-bond acceptors (Lipinski definition) is 7. The zero-order valence-corrected chi connectivity index (χ0v) is 17.3. The van der Waals surface area contributed by atoms with Gasteiger partial charge in [-0.3, -0.25) is 14.2 Å². The molecule has 4 rings (SSSR count). The highest BCUT2D eigenvalue weighted by Gasteiger charge is 2.16. The number of amides is 1. The van der Waals surface area contributed by atoms with E-state index in [1.807, 2.05) is 54.6 Å². The largest absolute Gasteiger partial charge is 0.394 e. The summed E-state index contributed by atoms with van der Waals surface area (Å²) < 4.78 is 4.58. The summed E-state index contributed by atoms with van der Waals surface area (Å²) in [5.74, 6) is 0.232. The van der Waals surface area contributed by atoms with Crippen molar-refractivity contribution in [3.63, 3.8) is 0 Å². The molecule has 8 nitrogen and oxygen atoms in total. The monoisotopic (exact) mass is 432 g/mol. The maximum atomic E-state index is 12.9. The van der Waals surface area contributed by atoms with Crippen LogP contribution in [0.25, 0.3) is 11.3 Å². The van der Waals surface area contributed by atoms with E-state index in [4.69, 9.17) is 0 Å². The standard InChI is InChI=1S/C22H20N6O2S/c29-14-13-28-20(15-19(26-28)16-5-2-1-3-6-16)21(30)25-17-7-9-18(10-8-17)31-27-22-23-11-4-12-24-22/h1-12,15,29H,13-14H2,(H,25,30)(H,23,24,27). The molecule has 4 aromatic rings. The fraction of sp³-hybridized carbons (Fsp3) is 0.0909. The van der Waals surface area contributed by atoms with Gasteiger partial charge in [0, 0.05) is 28.5 Å². The van der Waals surface area contributed by atoms with Crippen molar-refractivity contribution in [3.8, 4) is 11.3 Å². The Morgan fingerprint density at radius 1 is 1.00 bits per heavy atom. The van der Waals surface area contributed by atoms with Gasteiger partial charge >= 0.3 is 0 Å². The molecule has 2 aromatic carbocycles. The first-order valence-electron chi connectivity index (χ1n) is 9.58. The zero-order chi connectivity index (χ0) is 21.5. The number of carbonyl (C=O) groups excluding carboxylic acids is 1. The molecule has 0 radical (unpaired) electrons. The van der Waals surface area contributed by atoms with Crippen LogP contribution in [0.5, 0.6) is 0 Å². The Labute approximate surface area is 183 Å². The number of benzene rings is 2. The molecule has 31 heavy (non-hydrogen) atoms. The molecule has 1 amide bonds. The number of carbonyl (C=O) groups is 1. The van der Waals surface area contributed by atoms with Gasteiger partial charge < -0.3 is 10.4 Å². The normalized spacial score (nSPS) is 10.6. The molecule has 0 aliphatic heterocycles. The van der Waals surface area contributed by atoms with Crippen LogP contribution in [0.4, 0.5) is 11.6 Å². The first kappa shape index (κ1) is 20.6. The summed E-state index contributed by atoms with van der Waals surface area (Å²) in [4.78, 5) is 22.0. The number of hydrogen-bond donors (Lipinski definition) is 3. The summed E-state index contributed by atoms with van der Waals surface area (Å²) in [5.41, 5.74) is 2.63. The van der Waals surface area contributed by atoms with Gasteiger partial charge in [0.15, 0.2) is 0 Å². The van der Waals surface area contributed by atoms with Crippen molar-refractivity contribution in [1.82, 2.24) is 19.7 Å². The first-order valence-corrected chi connectivity index (χ1v) is 10.4. The van der Waals surface area contributed by atoms with Crippen molar-refractivity contribution >= 4 is 29.5 Å². The fourth-order valence-corrected chi connectivity index (χ4v) is 3.46. The first-order chi connectivity index (χ1) is 15.2. The van der Waals surface area contributed by atoms with Crippen LogP contribution in [-0.2, 0) is 6.54 Å². The molecule has 9 heteroatoms. The molecule has 0 saturated carbocycles. The highest BCUT2D eigenvalue weighted by atomic mass is 32.2. The second-order valence-electron chi connectivity index (χ2n) is 6.48. The third-order valence-corrected chi connectivity index (χ3v) is 5.12. The average Bonchev–Trinajstić information content (AvgIpc) is 3.24. The molecular formula is C22H20N6O2S. The van der Waals surface area contributed by atoms with Crippen LogP contribution in [0.15, 0.2) is 84.0 Å². The number of aromatic nitrogens is 4. The van der Waals surface area contributed by atoms with E-state index < -0.39 is 0 Å². The molecular weight excluding hydrogens is 412 g/mol. The van der Waals surface area contributed by atoms with Crippen molar-refractivity contribution in [3.05, 3.63) is 84.8 Å². The predicted octanol–water partition coefficient (Wildman–Crippen LogP) is 3.70. The summed E-state index contributed by atoms with van der Waals surface area (Å²) in [6, 6.07) is 20.5. The van der Waals surface area contributed by atoms with Gasteiger partial charge in [0.25, 0.3) is 5.91 Å². The third kappa shape index (κ3) is 5.27. The Morgan fingerprint density at radius 2 is 1.74 bits per heavy atom. The Balaban J connectivity index is 1.44. The third-order valence-electron chi connectivity index (χ3n) is 4.33. The minimum Gasteiger partial charge on any atom is -0.394 e. The highest BCUT2D eigenvalue weighted by Crippen LogP contribution is 2.22. The molecule has 0 atom stereocenters. The van der Waals surface area contributed by atoms with E-state index in [-0.39, 0.29) is 19.1 Å². The van der Waals surface area contributed by atoms with E-state index in [9.17, 15) is 9.90 Å². The highest BCUT2D eigenvalue weighted by molar-refractivity contribution is 8.00. The van der Waals surface area contributed by atoms with E-state index in [2.05, 4.69) is 25.1 Å². The quantitative estimate of drug-likeness (QED) is 0.365. The van der Waals surface area contributed by atoms with Crippen molar-refractivity contribution < 1.29 is 9.90 Å². The number of aliphatic hydroxyl groups is 1. The zero-order valence-electron chi connectivity index (χ0n) is 16.5. The minimum absolute atomic E-state index is 0.111. The van der Waals surface area contributed by atoms with Crippen LogP contribution >= 0.6 is 11.9 Å². The molecule has 156 valence electrons. The van der Waals surface area contributed by atoms with Gasteiger partial charge in [-0.25, -0.2) is 9.97 Å². The van der Waals surface area contributed by atoms with Crippen LogP contribution in [0.1, 0.15) is 10.5 Å². The smallest absolute Gasteiger partial charge is 0.273 e. The van der Waals surface area contributed by atoms with Crippen LogP contribution in [0.2, 0.25) is 0 Å². The molecule has 2 aromatic heterocycles. The number of anilines is 2. The molecule has 3 N–H and O–H groups in total. The van der Waals surface area contributed by atoms with Crippen LogP contribution in [0, 0.1) is 0 Å². The molecule has 0 bridgehead atoms. The Bertz CT molecular complexity index is 1130. The van der Waals surface area contributed by atoms with Crippen LogP contribution in [0.3, 0.4) is 0 Å². The van der Waals surface area contributed by atoms with Gasteiger partial charge in [-0.15, -0.1) is 0 Å². The molecule has 2 heterocycles. The molecule has 0 fully saturated rings. The van der Waals surface area contributed by atoms with Gasteiger partial charge in [-0.2, -0.15) is 5.10 Å². The summed E-state index contributed by atoms with van der Waals surface area (Å²) in [7, 11) is 0. The van der Waals surface area contributed by atoms with Gasteiger partial charge in [0.1, 0.15) is 5.69 Å². The lowest BCUT2D eigenvalue weighted by Gasteiger charge is -2.08. The Hall–Kier alpha value is -3.69. The predicted molar refractivity (Wildman–Crippen MR) is 121 cm³/mol. The van der Waals surface area contributed by atoms with E-state index in [0.29, 0.717) is 23.0 Å². The van der Waals surface area contributed by atoms with E-state index in [1.165, 1.54) is 16.6 Å². The Kier molecular flexibility index (Phi) is 6.56. The van der Waals surface area contributed by atoms with Crippen molar-refractivity contribution in [1.29, 1.82) is 0 Å². The lowest BCUT2D eigenvalue weighted by atomic mass is 10.1. The van der Waals surface area contributed by atoms with Crippen molar-refractivity contribution in [2.45, 2.75) is 11.4 Å². The lowest BCUT2D eigenvalue weighted by molar-refractivity contribution is 0.101. The molecule has 0 saturated heterocycles. The van der Waals surface area contributed by atoms with Gasteiger partial charge in [0.05, 0.1) is 18.8 Å². The van der Waals surface area contributed by atoms with E-state index >= 15 is 0 Å². The van der Waals surface area contributed by atoms with Crippen molar-refractivity contribution in [2.24, 2.45) is 0 Å². The lowest BCUT2D eigenvalue weighted by Crippen LogP contribution is -2.18. The summed E-state index contributed by atoms with van der Waals surface area (Å²) in [6.45, 7) is 0.124. The van der Waals surface area contributed by atoms with Gasteiger partial charge in [-0.05, 0) is 48.3 Å². The van der Waals surface area contributed by atoms with Crippen LogP contribution < -0.4 is 10.0 Å². The SMILES string of the molecule is O=C(Nc1ccc(SNc2ncccn2)cc1)c1cc(-c2ccccc2)nn1CCO. The average molecular weight is 433 g/mol. The maximum absolute atomic E-state index is 12.9.